The first kappa shape index (κ1) is 14.2. The minimum atomic E-state index is -1.03. The summed E-state index contributed by atoms with van der Waals surface area (Å²) in [6, 6.07) is 6.09. The van der Waals surface area contributed by atoms with Gasteiger partial charge in [-0.1, -0.05) is 25.1 Å². The number of hydrogen-bond donors (Lipinski definition) is 2. The second kappa shape index (κ2) is 6.76. The van der Waals surface area contributed by atoms with E-state index >= 15 is 0 Å². The minimum Gasteiger partial charge on any atom is -0.467 e. The third kappa shape index (κ3) is 3.30. The fourth-order valence-corrected chi connectivity index (χ4v) is 1.61. The van der Waals surface area contributed by atoms with Gasteiger partial charge in [0.25, 0.3) is 5.91 Å². The van der Waals surface area contributed by atoms with E-state index in [0.29, 0.717) is 12.0 Å². The van der Waals surface area contributed by atoms with Crippen molar-refractivity contribution in [3.8, 4) is 0 Å². The van der Waals surface area contributed by atoms with Crippen LogP contribution in [0.2, 0.25) is 0 Å². The quantitative estimate of drug-likeness (QED) is 0.748. The van der Waals surface area contributed by atoms with Gasteiger partial charge in [0, 0.05) is 5.56 Å². The van der Waals surface area contributed by atoms with Crippen LogP contribution in [0.4, 0.5) is 0 Å². The molecular formula is C13H17NO4. The maximum absolute atomic E-state index is 12.0. The molecule has 1 atom stereocenters. The number of aryl methyl sites for hydroxylation is 1. The van der Waals surface area contributed by atoms with Crippen molar-refractivity contribution in [2.45, 2.75) is 19.4 Å². The number of aliphatic hydroxyl groups excluding tert-OH is 1. The van der Waals surface area contributed by atoms with Crippen LogP contribution in [-0.2, 0) is 16.0 Å². The number of hydrogen-bond acceptors (Lipinski definition) is 4. The molecule has 1 unspecified atom stereocenters. The van der Waals surface area contributed by atoms with E-state index in [-0.39, 0.29) is 0 Å². The first-order valence-electron chi connectivity index (χ1n) is 5.71. The smallest absolute Gasteiger partial charge is 0.330 e. The summed E-state index contributed by atoms with van der Waals surface area (Å²) in [6.07, 6.45) is 0.714. The molecule has 1 aromatic rings. The largest absolute Gasteiger partial charge is 0.467 e. The molecule has 0 spiro atoms. The van der Waals surface area contributed by atoms with Crippen LogP contribution in [0, 0.1) is 0 Å². The first-order valence-corrected chi connectivity index (χ1v) is 5.71. The molecule has 0 aliphatic carbocycles. The van der Waals surface area contributed by atoms with Crippen LogP contribution in [0.5, 0.6) is 0 Å². The fraction of sp³-hybridized carbons (Fsp3) is 0.385. The Morgan fingerprint density at radius 1 is 1.39 bits per heavy atom. The van der Waals surface area contributed by atoms with Crippen molar-refractivity contribution in [2.24, 2.45) is 0 Å². The van der Waals surface area contributed by atoms with E-state index in [1.807, 2.05) is 19.1 Å². The Morgan fingerprint density at radius 2 is 2.06 bits per heavy atom. The van der Waals surface area contributed by atoms with E-state index in [2.05, 4.69) is 10.1 Å². The molecule has 1 aromatic carbocycles. The van der Waals surface area contributed by atoms with Gasteiger partial charge in [-0.25, -0.2) is 4.79 Å². The lowest BCUT2D eigenvalue weighted by atomic mass is 10.0. The highest BCUT2D eigenvalue weighted by Crippen LogP contribution is 2.09. The molecule has 0 aliphatic rings. The standard InChI is InChI=1S/C13H17NO4/c1-3-9-6-4-5-7-10(9)12(16)14-11(8-15)13(17)18-2/h4-7,11,15H,3,8H2,1-2H3,(H,14,16). The van der Waals surface area contributed by atoms with E-state index in [9.17, 15) is 9.59 Å². The van der Waals surface area contributed by atoms with Crippen molar-refractivity contribution >= 4 is 11.9 Å². The van der Waals surface area contributed by atoms with Crippen molar-refractivity contribution in [3.05, 3.63) is 35.4 Å². The number of ether oxygens (including phenoxy) is 1. The number of aliphatic hydroxyl groups is 1. The predicted octanol–water partition coefficient (Wildman–Crippen LogP) is 0.513. The van der Waals surface area contributed by atoms with E-state index in [0.717, 1.165) is 5.56 Å². The van der Waals surface area contributed by atoms with Crippen LogP contribution in [0.25, 0.3) is 0 Å². The Hall–Kier alpha value is -1.88. The van der Waals surface area contributed by atoms with Crippen LogP contribution in [0.15, 0.2) is 24.3 Å². The van der Waals surface area contributed by atoms with Crippen molar-refractivity contribution in [2.75, 3.05) is 13.7 Å². The van der Waals surface area contributed by atoms with E-state index in [1.165, 1.54) is 7.11 Å². The number of nitrogens with one attached hydrogen (secondary N) is 1. The van der Waals surface area contributed by atoms with Crippen molar-refractivity contribution < 1.29 is 19.4 Å². The van der Waals surface area contributed by atoms with Gasteiger partial charge in [0.2, 0.25) is 0 Å². The summed E-state index contributed by atoms with van der Waals surface area (Å²) in [5.74, 6) is -1.06. The average molecular weight is 251 g/mol. The zero-order chi connectivity index (χ0) is 13.5. The topological polar surface area (TPSA) is 75.6 Å². The number of carbonyl (C=O) groups is 2. The SMILES string of the molecule is CCc1ccccc1C(=O)NC(CO)C(=O)OC. The van der Waals surface area contributed by atoms with Gasteiger partial charge in [-0.2, -0.15) is 0 Å². The number of esters is 1. The second-order valence-electron chi connectivity index (χ2n) is 3.74. The van der Waals surface area contributed by atoms with E-state index < -0.39 is 24.5 Å². The van der Waals surface area contributed by atoms with Gasteiger partial charge >= 0.3 is 5.97 Å². The summed E-state index contributed by atoms with van der Waals surface area (Å²) < 4.78 is 4.48. The predicted molar refractivity (Wildman–Crippen MR) is 66.2 cm³/mol. The van der Waals surface area contributed by atoms with Gasteiger partial charge in [-0.3, -0.25) is 4.79 Å². The summed E-state index contributed by atoms with van der Waals surface area (Å²) in [7, 11) is 1.21. The lowest BCUT2D eigenvalue weighted by Gasteiger charge is -2.15. The molecule has 0 aromatic heterocycles. The monoisotopic (exact) mass is 251 g/mol. The Balaban J connectivity index is 2.84. The Kier molecular flexibility index (Phi) is 5.32. The number of benzene rings is 1. The van der Waals surface area contributed by atoms with Crippen LogP contribution in [0.3, 0.4) is 0 Å². The summed E-state index contributed by atoms with van der Waals surface area (Å²) in [5, 5.41) is 11.5. The van der Waals surface area contributed by atoms with Crippen LogP contribution in [0.1, 0.15) is 22.8 Å². The molecule has 98 valence electrons. The van der Waals surface area contributed by atoms with Gasteiger partial charge in [0.05, 0.1) is 13.7 Å². The highest BCUT2D eigenvalue weighted by atomic mass is 16.5. The van der Waals surface area contributed by atoms with Crippen LogP contribution >= 0.6 is 0 Å². The summed E-state index contributed by atoms with van der Waals surface area (Å²) in [5.41, 5.74) is 1.39. The van der Waals surface area contributed by atoms with Crippen LogP contribution in [-0.4, -0.2) is 36.7 Å². The molecule has 5 nitrogen and oxygen atoms in total. The lowest BCUT2D eigenvalue weighted by Crippen LogP contribution is -2.44. The molecule has 0 radical (unpaired) electrons. The van der Waals surface area contributed by atoms with Gasteiger partial charge in [0.1, 0.15) is 0 Å². The molecule has 0 saturated carbocycles. The van der Waals surface area contributed by atoms with Gasteiger partial charge in [-0.15, -0.1) is 0 Å². The number of rotatable bonds is 5. The Bertz CT molecular complexity index is 431. The molecule has 2 N–H and O–H groups in total. The van der Waals surface area contributed by atoms with Crippen molar-refractivity contribution in [1.82, 2.24) is 5.32 Å². The molecule has 0 heterocycles. The lowest BCUT2D eigenvalue weighted by molar-refractivity contribution is -0.143. The average Bonchev–Trinajstić information content (AvgIpc) is 2.43. The molecule has 0 aliphatic heterocycles. The molecule has 1 amide bonds. The van der Waals surface area contributed by atoms with Crippen LogP contribution < -0.4 is 5.32 Å². The van der Waals surface area contributed by atoms with Gasteiger partial charge in [-0.05, 0) is 18.1 Å². The zero-order valence-corrected chi connectivity index (χ0v) is 10.5. The molecule has 1 rings (SSSR count). The first-order chi connectivity index (χ1) is 8.63. The highest BCUT2D eigenvalue weighted by molar-refractivity contribution is 5.98. The fourth-order valence-electron chi connectivity index (χ4n) is 1.61. The maximum Gasteiger partial charge on any atom is 0.330 e. The molecule has 18 heavy (non-hydrogen) atoms. The summed E-state index contributed by atoms with van der Waals surface area (Å²) in [4.78, 5) is 23.3. The molecule has 0 saturated heterocycles. The third-order valence-electron chi connectivity index (χ3n) is 2.62. The number of amides is 1. The minimum absolute atomic E-state index is 0.392. The third-order valence-corrected chi connectivity index (χ3v) is 2.62. The Labute approximate surface area is 106 Å². The molecule has 5 heteroatoms. The number of methoxy groups -OCH3 is 1. The normalized spacial score (nSPS) is 11.7. The molecular weight excluding hydrogens is 234 g/mol. The zero-order valence-electron chi connectivity index (χ0n) is 10.5. The van der Waals surface area contributed by atoms with E-state index in [1.54, 1.807) is 12.1 Å². The summed E-state index contributed by atoms with van der Waals surface area (Å²) >= 11 is 0. The second-order valence-corrected chi connectivity index (χ2v) is 3.74. The number of carbonyl (C=O) groups excluding carboxylic acids is 2. The summed E-state index contributed by atoms with van der Waals surface area (Å²) in [6.45, 7) is 1.45. The highest BCUT2D eigenvalue weighted by Gasteiger charge is 2.21. The maximum atomic E-state index is 12.0. The van der Waals surface area contributed by atoms with Crippen molar-refractivity contribution in [1.29, 1.82) is 0 Å². The van der Waals surface area contributed by atoms with Gasteiger partial charge in [0.15, 0.2) is 6.04 Å². The molecule has 0 bridgehead atoms. The van der Waals surface area contributed by atoms with Crippen molar-refractivity contribution in [3.63, 3.8) is 0 Å². The molecule has 0 fully saturated rings. The van der Waals surface area contributed by atoms with E-state index in [4.69, 9.17) is 5.11 Å². The van der Waals surface area contributed by atoms with Gasteiger partial charge < -0.3 is 15.2 Å². The Morgan fingerprint density at radius 3 is 2.61 bits per heavy atom.